The van der Waals surface area contributed by atoms with Crippen molar-refractivity contribution >= 4 is 23.1 Å². The third-order valence-electron chi connectivity index (χ3n) is 2.90. The molecule has 0 atom stereocenters. The molecule has 2 heterocycles. The van der Waals surface area contributed by atoms with Gasteiger partial charge in [-0.25, -0.2) is 14.8 Å². The van der Waals surface area contributed by atoms with E-state index in [2.05, 4.69) is 9.97 Å². The third kappa shape index (κ3) is 2.16. The Morgan fingerprint density at radius 1 is 1.15 bits per heavy atom. The molecule has 0 aliphatic heterocycles. The number of hydrogen-bond donors (Lipinski definition) is 1. The van der Waals surface area contributed by atoms with Gasteiger partial charge in [-0.2, -0.15) is 0 Å². The SMILES string of the molecule is O=C(O)/C=C/c1cccnc1-n1cnc2ccccc21. The van der Waals surface area contributed by atoms with Crippen LogP contribution >= 0.6 is 0 Å². The van der Waals surface area contributed by atoms with Gasteiger partial charge in [-0.1, -0.05) is 12.1 Å². The Morgan fingerprint density at radius 2 is 2.00 bits per heavy atom. The van der Waals surface area contributed by atoms with Gasteiger partial charge in [0.15, 0.2) is 0 Å². The maximum absolute atomic E-state index is 10.7. The van der Waals surface area contributed by atoms with E-state index in [1.165, 1.54) is 6.08 Å². The fourth-order valence-corrected chi connectivity index (χ4v) is 2.03. The summed E-state index contributed by atoms with van der Waals surface area (Å²) in [6.07, 6.45) is 5.98. The van der Waals surface area contributed by atoms with Crippen LogP contribution in [0.3, 0.4) is 0 Å². The van der Waals surface area contributed by atoms with Crippen LogP contribution in [0.5, 0.6) is 0 Å². The first-order valence-corrected chi connectivity index (χ1v) is 6.04. The largest absolute Gasteiger partial charge is 0.478 e. The summed E-state index contributed by atoms with van der Waals surface area (Å²) < 4.78 is 1.84. The lowest BCUT2D eigenvalue weighted by Crippen LogP contribution is -1.98. The maximum Gasteiger partial charge on any atom is 0.328 e. The zero-order chi connectivity index (χ0) is 13.9. The van der Waals surface area contributed by atoms with Crippen LogP contribution in [0, 0.1) is 0 Å². The van der Waals surface area contributed by atoms with Gasteiger partial charge < -0.3 is 5.11 Å². The molecule has 0 saturated carbocycles. The number of imidazole rings is 1. The van der Waals surface area contributed by atoms with E-state index in [4.69, 9.17) is 5.11 Å². The van der Waals surface area contributed by atoms with Crippen molar-refractivity contribution in [1.29, 1.82) is 0 Å². The van der Waals surface area contributed by atoms with Gasteiger partial charge in [-0.3, -0.25) is 4.57 Å². The van der Waals surface area contributed by atoms with E-state index in [-0.39, 0.29) is 0 Å². The first kappa shape index (κ1) is 12.1. The number of carbonyl (C=O) groups is 1. The van der Waals surface area contributed by atoms with Gasteiger partial charge in [0.2, 0.25) is 0 Å². The molecule has 1 N–H and O–H groups in total. The molecule has 0 aliphatic rings. The van der Waals surface area contributed by atoms with Gasteiger partial charge >= 0.3 is 5.97 Å². The fourth-order valence-electron chi connectivity index (χ4n) is 2.03. The molecule has 2 aromatic heterocycles. The molecule has 0 radical (unpaired) electrons. The molecule has 3 rings (SSSR count). The van der Waals surface area contributed by atoms with Crippen molar-refractivity contribution in [3.63, 3.8) is 0 Å². The molecule has 0 saturated heterocycles. The molecule has 1 aromatic carbocycles. The van der Waals surface area contributed by atoms with Gasteiger partial charge in [-0.05, 0) is 30.3 Å². The molecule has 0 aliphatic carbocycles. The van der Waals surface area contributed by atoms with Gasteiger partial charge in [0.05, 0.1) is 11.0 Å². The minimum absolute atomic E-state index is 0.652. The number of pyridine rings is 1. The van der Waals surface area contributed by atoms with Crippen molar-refractivity contribution in [3.05, 3.63) is 60.6 Å². The van der Waals surface area contributed by atoms with Crippen molar-refractivity contribution in [1.82, 2.24) is 14.5 Å². The molecule has 5 heteroatoms. The van der Waals surface area contributed by atoms with Crippen molar-refractivity contribution in [3.8, 4) is 5.82 Å². The monoisotopic (exact) mass is 265 g/mol. The second kappa shape index (κ2) is 4.97. The van der Waals surface area contributed by atoms with Crippen LogP contribution in [0.25, 0.3) is 22.9 Å². The summed E-state index contributed by atoms with van der Waals surface area (Å²) in [5.41, 5.74) is 2.51. The van der Waals surface area contributed by atoms with Gasteiger partial charge in [0, 0.05) is 17.8 Å². The third-order valence-corrected chi connectivity index (χ3v) is 2.90. The molecule has 0 amide bonds. The number of aliphatic carboxylic acids is 1. The summed E-state index contributed by atoms with van der Waals surface area (Å²) in [6.45, 7) is 0. The molecular weight excluding hydrogens is 254 g/mol. The van der Waals surface area contributed by atoms with Crippen LogP contribution in [0.2, 0.25) is 0 Å². The molecule has 98 valence electrons. The van der Waals surface area contributed by atoms with Crippen LogP contribution in [0.4, 0.5) is 0 Å². The lowest BCUT2D eigenvalue weighted by Gasteiger charge is -2.06. The predicted molar refractivity (Wildman–Crippen MR) is 75.5 cm³/mol. The highest BCUT2D eigenvalue weighted by atomic mass is 16.4. The zero-order valence-electron chi connectivity index (χ0n) is 10.5. The Labute approximate surface area is 114 Å². The van der Waals surface area contributed by atoms with Crippen LogP contribution in [-0.4, -0.2) is 25.6 Å². The number of para-hydroxylation sites is 2. The van der Waals surface area contributed by atoms with E-state index in [1.807, 2.05) is 34.9 Å². The number of nitrogens with zero attached hydrogens (tertiary/aromatic N) is 3. The highest BCUT2D eigenvalue weighted by Crippen LogP contribution is 2.19. The van der Waals surface area contributed by atoms with Crippen LogP contribution in [-0.2, 0) is 4.79 Å². The molecule has 0 fully saturated rings. The summed E-state index contributed by atoms with van der Waals surface area (Å²) >= 11 is 0. The van der Waals surface area contributed by atoms with E-state index in [0.29, 0.717) is 5.82 Å². The molecule has 5 nitrogen and oxygen atoms in total. The van der Waals surface area contributed by atoms with Crippen LogP contribution < -0.4 is 0 Å². The fraction of sp³-hybridized carbons (Fsp3) is 0. The van der Waals surface area contributed by atoms with Crippen molar-refractivity contribution < 1.29 is 9.90 Å². The Hall–Kier alpha value is -2.95. The number of rotatable bonds is 3. The number of carboxylic acid groups (broad SMARTS) is 1. The molecule has 3 aromatic rings. The first-order valence-electron chi connectivity index (χ1n) is 6.04. The lowest BCUT2D eigenvalue weighted by molar-refractivity contribution is -0.131. The summed E-state index contributed by atoms with van der Waals surface area (Å²) in [5.74, 6) is -0.339. The zero-order valence-corrected chi connectivity index (χ0v) is 10.5. The van der Waals surface area contributed by atoms with E-state index >= 15 is 0 Å². The van der Waals surface area contributed by atoms with E-state index in [9.17, 15) is 4.79 Å². The standard InChI is InChI=1S/C15H11N3O2/c19-14(20)8-7-11-4-3-9-16-15(11)18-10-17-12-5-1-2-6-13(12)18/h1-10H,(H,19,20)/b8-7+. The van der Waals surface area contributed by atoms with Gasteiger partial charge in [-0.15, -0.1) is 0 Å². The van der Waals surface area contributed by atoms with Crippen LogP contribution in [0.15, 0.2) is 55.0 Å². The summed E-state index contributed by atoms with van der Waals surface area (Å²) in [7, 11) is 0. The van der Waals surface area contributed by atoms with Crippen molar-refractivity contribution in [2.75, 3.05) is 0 Å². The number of hydrogen-bond acceptors (Lipinski definition) is 3. The van der Waals surface area contributed by atoms with E-state index in [1.54, 1.807) is 18.6 Å². The Bertz CT molecular complexity index is 805. The van der Waals surface area contributed by atoms with Gasteiger partial charge in [0.1, 0.15) is 12.1 Å². The molecule has 20 heavy (non-hydrogen) atoms. The summed E-state index contributed by atoms with van der Waals surface area (Å²) in [6, 6.07) is 11.3. The average molecular weight is 265 g/mol. The number of benzene rings is 1. The maximum atomic E-state index is 10.7. The van der Waals surface area contributed by atoms with Gasteiger partial charge in [0.25, 0.3) is 0 Å². The summed E-state index contributed by atoms with van der Waals surface area (Å²) in [5, 5.41) is 8.74. The highest BCUT2D eigenvalue weighted by molar-refractivity contribution is 5.86. The topological polar surface area (TPSA) is 68.0 Å². The number of aromatic nitrogens is 3. The second-order valence-electron chi connectivity index (χ2n) is 4.19. The minimum Gasteiger partial charge on any atom is -0.478 e. The highest BCUT2D eigenvalue weighted by Gasteiger charge is 2.08. The lowest BCUT2D eigenvalue weighted by atomic mass is 10.2. The van der Waals surface area contributed by atoms with Crippen molar-refractivity contribution in [2.45, 2.75) is 0 Å². The smallest absolute Gasteiger partial charge is 0.328 e. The Balaban J connectivity index is 2.17. The van der Waals surface area contributed by atoms with Crippen molar-refractivity contribution in [2.24, 2.45) is 0 Å². The predicted octanol–water partition coefficient (Wildman–Crippen LogP) is 2.52. The second-order valence-corrected chi connectivity index (χ2v) is 4.19. The molecule has 0 unspecified atom stereocenters. The van der Waals surface area contributed by atoms with E-state index in [0.717, 1.165) is 22.7 Å². The minimum atomic E-state index is -0.990. The van der Waals surface area contributed by atoms with Crippen LogP contribution in [0.1, 0.15) is 5.56 Å². The number of fused-ring (bicyclic) bond motifs is 1. The Kier molecular flexibility index (Phi) is 3.01. The number of carboxylic acids is 1. The summed E-state index contributed by atoms with van der Waals surface area (Å²) in [4.78, 5) is 19.3. The quantitative estimate of drug-likeness (QED) is 0.739. The Morgan fingerprint density at radius 3 is 2.85 bits per heavy atom. The molecule has 0 bridgehead atoms. The van der Waals surface area contributed by atoms with E-state index < -0.39 is 5.97 Å². The average Bonchev–Trinajstić information content (AvgIpc) is 2.89. The normalized spacial score (nSPS) is 11.2. The molecular formula is C15H11N3O2. The molecule has 0 spiro atoms. The first-order chi connectivity index (χ1) is 9.75.